The predicted molar refractivity (Wildman–Crippen MR) is 98.1 cm³/mol. The van der Waals surface area contributed by atoms with Crippen LogP contribution < -0.4 is 4.74 Å². The Bertz CT molecular complexity index is 791. The minimum Gasteiger partial charge on any atom is -0.497 e. The molecule has 1 aromatic heterocycles. The number of carbonyl (C=O) groups excluding carboxylic acids is 1. The maximum Gasteiger partial charge on any atom is 0.254 e. The van der Waals surface area contributed by atoms with Gasteiger partial charge in [0.25, 0.3) is 5.91 Å². The molecule has 0 unspecified atom stereocenters. The van der Waals surface area contributed by atoms with Crippen LogP contribution in [0, 0.1) is 0 Å². The summed E-state index contributed by atoms with van der Waals surface area (Å²) in [5.41, 5.74) is 1.50. The SMILES string of the molecule is CCN(CC(C)(C)O)C(=O)c1cc(C2CC2)nc2ccc(OC)cc12. The number of pyridine rings is 1. The number of aromatic nitrogens is 1. The third kappa shape index (κ3) is 3.93. The fraction of sp³-hybridized carbons (Fsp3) is 0.500. The fourth-order valence-electron chi connectivity index (χ4n) is 3.08. The molecule has 0 radical (unpaired) electrons. The lowest BCUT2D eigenvalue weighted by atomic mass is 10.0. The number of methoxy groups -OCH3 is 1. The van der Waals surface area contributed by atoms with E-state index in [2.05, 4.69) is 0 Å². The van der Waals surface area contributed by atoms with Gasteiger partial charge in [-0.25, -0.2) is 0 Å². The number of ether oxygens (including phenoxy) is 1. The number of nitrogens with zero attached hydrogens (tertiary/aromatic N) is 2. The Kier molecular flexibility index (Phi) is 4.69. The van der Waals surface area contributed by atoms with Crippen molar-refractivity contribution >= 4 is 16.8 Å². The van der Waals surface area contributed by atoms with Crippen LogP contribution in [0.4, 0.5) is 0 Å². The van der Waals surface area contributed by atoms with Crippen molar-refractivity contribution in [2.75, 3.05) is 20.2 Å². The standard InChI is InChI=1S/C20H26N2O3/c1-5-22(12-20(2,3)24)19(23)16-11-18(13-6-7-13)21-17-9-8-14(25-4)10-15(16)17/h8-11,13,24H,5-7,12H2,1-4H3. The van der Waals surface area contributed by atoms with Crippen molar-refractivity contribution in [3.05, 3.63) is 35.5 Å². The number of amides is 1. The van der Waals surface area contributed by atoms with Crippen molar-refractivity contribution in [2.45, 2.75) is 45.1 Å². The monoisotopic (exact) mass is 342 g/mol. The summed E-state index contributed by atoms with van der Waals surface area (Å²) >= 11 is 0. The van der Waals surface area contributed by atoms with Crippen LogP contribution in [0.25, 0.3) is 10.9 Å². The van der Waals surface area contributed by atoms with Crippen LogP contribution in [0.2, 0.25) is 0 Å². The number of hydrogen-bond acceptors (Lipinski definition) is 4. The van der Waals surface area contributed by atoms with Crippen molar-refractivity contribution in [1.82, 2.24) is 9.88 Å². The summed E-state index contributed by atoms with van der Waals surface area (Å²) in [6, 6.07) is 7.57. The Hall–Kier alpha value is -2.14. The van der Waals surface area contributed by atoms with Crippen LogP contribution in [0.1, 0.15) is 55.6 Å². The van der Waals surface area contributed by atoms with E-state index in [0.29, 0.717) is 23.8 Å². The normalized spacial score (nSPS) is 14.6. The number of likely N-dealkylation sites (N-methyl/N-ethyl adjacent to an activating group) is 1. The fourth-order valence-corrected chi connectivity index (χ4v) is 3.08. The highest BCUT2D eigenvalue weighted by Crippen LogP contribution is 2.40. The van der Waals surface area contributed by atoms with E-state index < -0.39 is 5.60 Å². The van der Waals surface area contributed by atoms with Gasteiger partial charge in [-0.15, -0.1) is 0 Å². The van der Waals surface area contributed by atoms with E-state index in [-0.39, 0.29) is 12.5 Å². The molecule has 134 valence electrons. The predicted octanol–water partition coefficient (Wildman–Crippen LogP) is 3.35. The second-order valence-corrected chi connectivity index (χ2v) is 7.38. The molecule has 5 heteroatoms. The molecule has 1 heterocycles. The lowest BCUT2D eigenvalue weighted by Gasteiger charge is -2.28. The summed E-state index contributed by atoms with van der Waals surface area (Å²) in [5, 5.41) is 10.9. The van der Waals surface area contributed by atoms with Gasteiger partial charge in [-0.3, -0.25) is 9.78 Å². The number of carbonyl (C=O) groups is 1. The molecule has 0 spiro atoms. The minimum atomic E-state index is -0.939. The van der Waals surface area contributed by atoms with Crippen molar-refractivity contribution in [3.63, 3.8) is 0 Å². The Labute approximate surface area is 148 Å². The average molecular weight is 342 g/mol. The maximum absolute atomic E-state index is 13.2. The van der Waals surface area contributed by atoms with Crippen molar-refractivity contribution in [1.29, 1.82) is 0 Å². The molecular weight excluding hydrogens is 316 g/mol. The van der Waals surface area contributed by atoms with Crippen molar-refractivity contribution in [2.24, 2.45) is 0 Å². The van der Waals surface area contributed by atoms with Crippen LogP contribution in [0.3, 0.4) is 0 Å². The summed E-state index contributed by atoms with van der Waals surface area (Å²) in [7, 11) is 1.61. The van der Waals surface area contributed by atoms with Gasteiger partial charge in [-0.1, -0.05) is 0 Å². The number of benzene rings is 1. The second-order valence-electron chi connectivity index (χ2n) is 7.38. The van der Waals surface area contributed by atoms with E-state index in [4.69, 9.17) is 9.72 Å². The van der Waals surface area contributed by atoms with Gasteiger partial charge in [0.05, 0.1) is 23.8 Å². The lowest BCUT2D eigenvalue weighted by Crippen LogP contribution is -2.42. The number of hydrogen-bond donors (Lipinski definition) is 1. The molecule has 1 fully saturated rings. The number of aliphatic hydroxyl groups is 1. The van der Waals surface area contributed by atoms with Gasteiger partial charge in [0.2, 0.25) is 0 Å². The summed E-state index contributed by atoms with van der Waals surface area (Å²) in [4.78, 5) is 19.6. The van der Waals surface area contributed by atoms with Gasteiger partial charge in [-0.2, -0.15) is 0 Å². The molecule has 1 saturated carbocycles. The zero-order valence-corrected chi connectivity index (χ0v) is 15.4. The van der Waals surface area contributed by atoms with Gasteiger partial charge in [0.15, 0.2) is 0 Å². The summed E-state index contributed by atoms with van der Waals surface area (Å²) in [6.45, 7) is 6.18. The van der Waals surface area contributed by atoms with Gasteiger partial charge in [0.1, 0.15) is 5.75 Å². The summed E-state index contributed by atoms with van der Waals surface area (Å²) in [5.74, 6) is 1.09. The van der Waals surface area contributed by atoms with Crippen LogP contribution >= 0.6 is 0 Å². The molecule has 1 aromatic carbocycles. The van der Waals surface area contributed by atoms with Crippen LogP contribution in [-0.4, -0.2) is 46.7 Å². The molecule has 1 N–H and O–H groups in total. The molecule has 25 heavy (non-hydrogen) atoms. The molecule has 0 aliphatic heterocycles. The maximum atomic E-state index is 13.2. The lowest BCUT2D eigenvalue weighted by molar-refractivity contribution is 0.0315. The van der Waals surface area contributed by atoms with Crippen molar-refractivity contribution < 1.29 is 14.6 Å². The Morgan fingerprint density at radius 1 is 1.36 bits per heavy atom. The van der Waals surface area contributed by atoms with E-state index in [1.54, 1.807) is 25.9 Å². The van der Waals surface area contributed by atoms with Gasteiger partial charge < -0.3 is 14.7 Å². The average Bonchev–Trinajstić information content (AvgIpc) is 3.41. The third-order valence-corrected chi connectivity index (χ3v) is 4.51. The first-order chi connectivity index (χ1) is 11.8. The first-order valence-electron chi connectivity index (χ1n) is 8.82. The van der Waals surface area contributed by atoms with Gasteiger partial charge in [-0.05, 0) is 57.9 Å². The smallest absolute Gasteiger partial charge is 0.254 e. The largest absolute Gasteiger partial charge is 0.497 e. The summed E-state index contributed by atoms with van der Waals surface area (Å²) < 4.78 is 5.32. The highest BCUT2D eigenvalue weighted by Gasteiger charge is 2.29. The molecule has 1 aliphatic rings. The Morgan fingerprint density at radius 3 is 2.64 bits per heavy atom. The van der Waals surface area contributed by atoms with E-state index in [0.717, 1.165) is 29.4 Å². The van der Waals surface area contributed by atoms with E-state index in [1.807, 2.05) is 31.2 Å². The topological polar surface area (TPSA) is 62.7 Å². The molecule has 1 aliphatic carbocycles. The molecule has 3 rings (SSSR count). The molecule has 0 bridgehead atoms. The minimum absolute atomic E-state index is 0.0767. The first-order valence-corrected chi connectivity index (χ1v) is 8.82. The highest BCUT2D eigenvalue weighted by molar-refractivity contribution is 6.06. The zero-order valence-electron chi connectivity index (χ0n) is 15.4. The van der Waals surface area contributed by atoms with Crippen LogP contribution in [0.5, 0.6) is 5.75 Å². The second kappa shape index (κ2) is 6.64. The van der Waals surface area contributed by atoms with Gasteiger partial charge >= 0.3 is 0 Å². The van der Waals surface area contributed by atoms with Gasteiger partial charge in [0, 0.05) is 30.1 Å². The molecule has 1 amide bonds. The quantitative estimate of drug-likeness (QED) is 0.874. The first kappa shape index (κ1) is 17.7. The van der Waals surface area contributed by atoms with Crippen LogP contribution in [-0.2, 0) is 0 Å². The van der Waals surface area contributed by atoms with E-state index in [1.165, 1.54) is 0 Å². The Balaban J connectivity index is 2.09. The molecule has 5 nitrogen and oxygen atoms in total. The number of fused-ring (bicyclic) bond motifs is 1. The number of rotatable bonds is 6. The molecule has 2 aromatic rings. The van der Waals surface area contributed by atoms with E-state index in [9.17, 15) is 9.90 Å². The highest BCUT2D eigenvalue weighted by atomic mass is 16.5. The molecular formula is C20H26N2O3. The molecule has 0 atom stereocenters. The Morgan fingerprint density at radius 2 is 2.08 bits per heavy atom. The van der Waals surface area contributed by atoms with Crippen LogP contribution in [0.15, 0.2) is 24.3 Å². The third-order valence-electron chi connectivity index (χ3n) is 4.51. The van der Waals surface area contributed by atoms with Crippen molar-refractivity contribution in [3.8, 4) is 5.75 Å². The van der Waals surface area contributed by atoms with E-state index >= 15 is 0 Å². The summed E-state index contributed by atoms with van der Waals surface area (Å²) in [6.07, 6.45) is 2.26. The zero-order chi connectivity index (χ0) is 18.2. The molecule has 0 saturated heterocycles.